The number of anilines is 1. The Morgan fingerprint density at radius 1 is 1.39 bits per heavy atom. The van der Waals surface area contributed by atoms with Crippen LogP contribution in [0.5, 0.6) is 0 Å². The lowest BCUT2D eigenvalue weighted by molar-refractivity contribution is -0.123. The first-order valence-corrected chi connectivity index (χ1v) is 8.53. The summed E-state index contributed by atoms with van der Waals surface area (Å²) in [6.45, 7) is 5.50. The maximum Gasteiger partial charge on any atom is 0.221 e. The van der Waals surface area contributed by atoms with Gasteiger partial charge in [0.25, 0.3) is 0 Å². The smallest absolute Gasteiger partial charge is 0.221 e. The van der Waals surface area contributed by atoms with Crippen molar-refractivity contribution in [2.24, 2.45) is 11.7 Å². The minimum atomic E-state index is -0.170. The summed E-state index contributed by atoms with van der Waals surface area (Å²) in [5.41, 5.74) is 7.83. The van der Waals surface area contributed by atoms with Crippen LogP contribution in [0.3, 0.4) is 0 Å². The van der Waals surface area contributed by atoms with Crippen molar-refractivity contribution in [3.05, 3.63) is 17.6 Å². The van der Waals surface area contributed by atoms with E-state index in [9.17, 15) is 4.79 Å². The molecule has 4 N–H and O–H groups in total. The number of hydrogen-bond acceptors (Lipinski definition) is 6. The third kappa shape index (κ3) is 4.17. The van der Waals surface area contributed by atoms with Crippen LogP contribution in [0.15, 0.2) is 6.33 Å². The Balaban J connectivity index is 1.54. The van der Waals surface area contributed by atoms with Crippen molar-refractivity contribution in [2.75, 3.05) is 44.6 Å². The quantitative estimate of drug-likeness (QED) is 0.694. The van der Waals surface area contributed by atoms with Crippen molar-refractivity contribution in [2.45, 2.75) is 25.7 Å². The van der Waals surface area contributed by atoms with Crippen molar-refractivity contribution in [1.82, 2.24) is 20.2 Å². The van der Waals surface area contributed by atoms with Crippen LogP contribution in [0.1, 0.15) is 24.1 Å². The van der Waals surface area contributed by atoms with E-state index in [4.69, 9.17) is 5.73 Å². The number of primary amides is 1. The lowest BCUT2D eigenvalue weighted by Gasteiger charge is -2.31. The number of likely N-dealkylation sites (tertiary alicyclic amines) is 1. The number of amides is 1. The SMILES string of the molecule is NC(=O)C1CCCN(CCNc2ncnc3c2CCNCC3)C1. The fourth-order valence-electron chi connectivity index (χ4n) is 3.45. The number of aromatic nitrogens is 2. The monoisotopic (exact) mass is 318 g/mol. The van der Waals surface area contributed by atoms with Gasteiger partial charge in [-0.2, -0.15) is 0 Å². The zero-order chi connectivity index (χ0) is 16.1. The minimum absolute atomic E-state index is 0.00477. The van der Waals surface area contributed by atoms with Crippen molar-refractivity contribution in [1.29, 1.82) is 0 Å². The van der Waals surface area contributed by atoms with Crippen molar-refractivity contribution in [3.63, 3.8) is 0 Å². The normalized spacial score (nSPS) is 22.2. The standard InChI is InChI=1S/C16H26N6O/c17-15(23)12-2-1-8-22(10-12)9-7-19-16-13-3-5-18-6-4-14(13)20-11-21-16/h11-12,18H,1-10H2,(H2,17,23)(H,19,20,21). The van der Waals surface area contributed by atoms with E-state index < -0.39 is 0 Å². The van der Waals surface area contributed by atoms with Gasteiger partial charge in [0, 0.05) is 38.2 Å². The molecule has 23 heavy (non-hydrogen) atoms. The Morgan fingerprint density at radius 2 is 2.26 bits per heavy atom. The summed E-state index contributed by atoms with van der Waals surface area (Å²) in [4.78, 5) is 22.5. The number of rotatable bonds is 5. The topological polar surface area (TPSA) is 96.2 Å². The number of nitrogens with two attached hydrogens (primary N) is 1. The summed E-state index contributed by atoms with van der Waals surface area (Å²) in [6.07, 6.45) is 5.54. The van der Waals surface area contributed by atoms with Gasteiger partial charge in [0.1, 0.15) is 12.1 Å². The second-order valence-corrected chi connectivity index (χ2v) is 6.37. The molecule has 7 nitrogen and oxygen atoms in total. The predicted octanol–water partition coefficient (Wildman–Crippen LogP) is -0.226. The second kappa shape index (κ2) is 7.70. The molecular weight excluding hydrogens is 292 g/mol. The van der Waals surface area contributed by atoms with Crippen LogP contribution in [0.2, 0.25) is 0 Å². The van der Waals surface area contributed by atoms with Gasteiger partial charge < -0.3 is 21.3 Å². The fraction of sp³-hybridized carbons (Fsp3) is 0.688. The lowest BCUT2D eigenvalue weighted by Crippen LogP contribution is -2.42. The van der Waals surface area contributed by atoms with Gasteiger partial charge in [-0.1, -0.05) is 0 Å². The maximum absolute atomic E-state index is 11.3. The Morgan fingerprint density at radius 3 is 3.13 bits per heavy atom. The van der Waals surface area contributed by atoms with E-state index in [0.29, 0.717) is 0 Å². The van der Waals surface area contributed by atoms with E-state index in [1.807, 2.05) is 0 Å². The molecule has 1 saturated heterocycles. The molecule has 1 unspecified atom stereocenters. The molecule has 0 bridgehead atoms. The van der Waals surface area contributed by atoms with Crippen LogP contribution in [-0.2, 0) is 17.6 Å². The maximum atomic E-state index is 11.3. The van der Waals surface area contributed by atoms with Gasteiger partial charge in [0.15, 0.2) is 0 Å². The first-order valence-electron chi connectivity index (χ1n) is 8.53. The number of hydrogen-bond donors (Lipinski definition) is 3. The Labute approximate surface area is 137 Å². The summed E-state index contributed by atoms with van der Waals surface area (Å²) < 4.78 is 0. The molecule has 0 radical (unpaired) electrons. The fourth-order valence-corrected chi connectivity index (χ4v) is 3.45. The highest BCUT2D eigenvalue weighted by atomic mass is 16.1. The Bertz CT molecular complexity index is 549. The van der Waals surface area contributed by atoms with Gasteiger partial charge in [-0.3, -0.25) is 4.79 Å². The van der Waals surface area contributed by atoms with Gasteiger partial charge in [0.05, 0.1) is 11.6 Å². The van der Waals surface area contributed by atoms with Gasteiger partial charge in [0.2, 0.25) is 5.91 Å². The third-order valence-electron chi connectivity index (χ3n) is 4.75. The van der Waals surface area contributed by atoms with Crippen LogP contribution < -0.4 is 16.4 Å². The molecule has 3 heterocycles. The molecule has 0 spiro atoms. The highest BCUT2D eigenvalue weighted by Gasteiger charge is 2.23. The van der Waals surface area contributed by atoms with E-state index in [-0.39, 0.29) is 11.8 Å². The summed E-state index contributed by atoms with van der Waals surface area (Å²) >= 11 is 0. The largest absolute Gasteiger partial charge is 0.369 e. The zero-order valence-corrected chi connectivity index (χ0v) is 13.6. The van der Waals surface area contributed by atoms with Gasteiger partial charge >= 0.3 is 0 Å². The van der Waals surface area contributed by atoms with E-state index in [2.05, 4.69) is 25.5 Å². The van der Waals surface area contributed by atoms with Crippen LogP contribution in [0.4, 0.5) is 5.82 Å². The summed E-state index contributed by atoms with van der Waals surface area (Å²) in [5.74, 6) is 0.795. The van der Waals surface area contributed by atoms with Crippen molar-refractivity contribution >= 4 is 11.7 Å². The number of fused-ring (bicyclic) bond motifs is 1. The number of piperidine rings is 1. The minimum Gasteiger partial charge on any atom is -0.369 e. The predicted molar refractivity (Wildman–Crippen MR) is 89.2 cm³/mol. The van der Waals surface area contributed by atoms with Crippen LogP contribution in [0, 0.1) is 5.92 Å². The Kier molecular flexibility index (Phi) is 5.40. The van der Waals surface area contributed by atoms with E-state index in [0.717, 1.165) is 76.5 Å². The third-order valence-corrected chi connectivity index (χ3v) is 4.75. The molecule has 1 aromatic heterocycles. The van der Waals surface area contributed by atoms with Gasteiger partial charge in [-0.25, -0.2) is 9.97 Å². The number of carbonyl (C=O) groups excluding carboxylic acids is 1. The lowest BCUT2D eigenvalue weighted by atomic mass is 9.97. The van der Waals surface area contributed by atoms with Crippen molar-refractivity contribution < 1.29 is 4.79 Å². The first-order chi connectivity index (χ1) is 11.2. The highest BCUT2D eigenvalue weighted by molar-refractivity contribution is 5.76. The van der Waals surface area contributed by atoms with Crippen LogP contribution in [-0.4, -0.2) is 60.0 Å². The second-order valence-electron chi connectivity index (χ2n) is 6.37. The highest BCUT2D eigenvalue weighted by Crippen LogP contribution is 2.19. The van der Waals surface area contributed by atoms with Crippen LogP contribution in [0.25, 0.3) is 0 Å². The Hall–Kier alpha value is -1.73. The molecule has 0 aromatic carbocycles. The summed E-state index contributed by atoms with van der Waals surface area (Å²) in [5, 5.41) is 6.85. The molecule has 2 aliphatic rings. The molecule has 3 rings (SSSR count). The molecule has 1 fully saturated rings. The molecule has 126 valence electrons. The van der Waals surface area contributed by atoms with Crippen molar-refractivity contribution in [3.8, 4) is 0 Å². The first kappa shape index (κ1) is 16.1. The number of carbonyl (C=O) groups is 1. The number of nitrogens with one attached hydrogen (secondary N) is 2. The molecule has 1 amide bonds. The average Bonchev–Trinajstić information content (AvgIpc) is 2.81. The summed E-state index contributed by atoms with van der Waals surface area (Å²) in [6, 6.07) is 0. The van der Waals surface area contributed by atoms with Gasteiger partial charge in [-0.15, -0.1) is 0 Å². The molecule has 1 aromatic rings. The van der Waals surface area contributed by atoms with Gasteiger partial charge in [-0.05, 0) is 32.4 Å². The molecule has 0 saturated carbocycles. The molecule has 2 aliphatic heterocycles. The van der Waals surface area contributed by atoms with E-state index in [1.165, 1.54) is 5.56 Å². The average molecular weight is 318 g/mol. The number of nitrogens with zero attached hydrogens (tertiary/aromatic N) is 3. The van der Waals surface area contributed by atoms with Crippen LogP contribution >= 0.6 is 0 Å². The molecule has 0 aliphatic carbocycles. The summed E-state index contributed by atoms with van der Waals surface area (Å²) in [7, 11) is 0. The zero-order valence-electron chi connectivity index (χ0n) is 13.6. The molecule has 7 heteroatoms. The molecular formula is C16H26N6O. The van der Waals surface area contributed by atoms with E-state index in [1.54, 1.807) is 6.33 Å². The van der Waals surface area contributed by atoms with E-state index >= 15 is 0 Å². The molecule has 1 atom stereocenters.